The Morgan fingerprint density at radius 1 is 1.69 bits per heavy atom. The Morgan fingerprint density at radius 3 is 2.75 bits per heavy atom. The molecular formula is C10H10ClNO2S2. The topological polar surface area (TPSA) is 63.9 Å². The minimum Gasteiger partial charge on any atom is -0.611 e. The van der Waals surface area contributed by atoms with Gasteiger partial charge in [-0.15, -0.1) is 0 Å². The van der Waals surface area contributed by atoms with Gasteiger partial charge in [0.05, 0.1) is 9.90 Å². The predicted octanol–water partition coefficient (Wildman–Crippen LogP) is 2.99. The van der Waals surface area contributed by atoms with Crippen LogP contribution in [0.4, 0.5) is 0 Å². The van der Waals surface area contributed by atoms with Crippen molar-refractivity contribution in [2.45, 2.75) is 24.5 Å². The van der Waals surface area contributed by atoms with Gasteiger partial charge in [-0.2, -0.15) is 5.26 Å². The summed E-state index contributed by atoms with van der Waals surface area (Å²) < 4.78 is 12.2. The SMILES string of the molecule is CCC[S+]([O-])c1sc(C(C)=O)c(Cl)c1C#N. The molecule has 1 rings (SSSR count). The Bertz CT molecular complexity index is 450. The summed E-state index contributed by atoms with van der Waals surface area (Å²) in [4.78, 5) is 11.6. The molecule has 1 aromatic heterocycles. The summed E-state index contributed by atoms with van der Waals surface area (Å²) in [7, 11) is 0. The molecule has 0 aromatic carbocycles. The number of ketones is 1. The van der Waals surface area contributed by atoms with Gasteiger partial charge >= 0.3 is 0 Å². The van der Waals surface area contributed by atoms with Crippen molar-refractivity contribution >= 4 is 39.9 Å². The maximum atomic E-state index is 11.8. The van der Waals surface area contributed by atoms with E-state index in [9.17, 15) is 9.35 Å². The van der Waals surface area contributed by atoms with Crippen LogP contribution in [0.2, 0.25) is 5.02 Å². The van der Waals surface area contributed by atoms with E-state index in [1.165, 1.54) is 6.92 Å². The number of nitrogens with zero attached hydrogens (tertiary/aromatic N) is 1. The zero-order chi connectivity index (χ0) is 12.3. The Hall–Kier alpha value is -0.540. The van der Waals surface area contributed by atoms with Gasteiger partial charge in [-0.3, -0.25) is 4.79 Å². The molecule has 0 aliphatic rings. The molecule has 0 amide bonds. The molecule has 1 atom stereocenters. The van der Waals surface area contributed by atoms with Crippen LogP contribution >= 0.6 is 22.9 Å². The molecule has 86 valence electrons. The summed E-state index contributed by atoms with van der Waals surface area (Å²) in [5.41, 5.74) is 0.184. The lowest BCUT2D eigenvalue weighted by atomic mass is 10.3. The number of carbonyl (C=O) groups excluding carboxylic acids is 1. The fourth-order valence-corrected chi connectivity index (χ4v) is 4.22. The van der Waals surface area contributed by atoms with Crippen molar-refractivity contribution in [3.8, 4) is 6.07 Å². The fourth-order valence-electron chi connectivity index (χ4n) is 1.15. The summed E-state index contributed by atoms with van der Waals surface area (Å²) >= 11 is 5.72. The van der Waals surface area contributed by atoms with Gasteiger partial charge in [0, 0.05) is 6.92 Å². The van der Waals surface area contributed by atoms with Crippen molar-refractivity contribution in [3.05, 3.63) is 15.5 Å². The molecule has 1 unspecified atom stereocenters. The van der Waals surface area contributed by atoms with Crippen LogP contribution in [-0.2, 0) is 11.2 Å². The van der Waals surface area contributed by atoms with E-state index in [4.69, 9.17) is 16.9 Å². The monoisotopic (exact) mass is 275 g/mol. The third kappa shape index (κ3) is 2.58. The van der Waals surface area contributed by atoms with Crippen molar-refractivity contribution < 1.29 is 9.35 Å². The van der Waals surface area contributed by atoms with E-state index in [-0.39, 0.29) is 16.4 Å². The number of rotatable bonds is 4. The first kappa shape index (κ1) is 13.5. The lowest BCUT2D eigenvalue weighted by Crippen LogP contribution is -2.05. The number of hydrogen-bond donors (Lipinski definition) is 0. The van der Waals surface area contributed by atoms with Crippen LogP contribution in [-0.4, -0.2) is 16.1 Å². The largest absolute Gasteiger partial charge is 0.611 e. The van der Waals surface area contributed by atoms with E-state index in [1.807, 2.05) is 13.0 Å². The molecule has 0 aliphatic heterocycles. The molecule has 0 saturated carbocycles. The van der Waals surface area contributed by atoms with Gasteiger partial charge in [0.2, 0.25) is 4.21 Å². The zero-order valence-corrected chi connectivity index (χ0v) is 11.3. The van der Waals surface area contributed by atoms with E-state index in [0.717, 1.165) is 17.8 Å². The van der Waals surface area contributed by atoms with Crippen molar-refractivity contribution in [1.82, 2.24) is 0 Å². The highest BCUT2D eigenvalue weighted by atomic mass is 35.5. The molecule has 0 bridgehead atoms. The standard InChI is InChI=1S/C10H10ClNO2S2/c1-3-4-16(14)10-7(5-12)8(11)9(15-10)6(2)13/h3-4H2,1-2H3. The third-order valence-electron chi connectivity index (χ3n) is 1.85. The second-order valence-corrected chi connectivity index (χ2v) is 6.29. The van der Waals surface area contributed by atoms with Crippen molar-refractivity contribution in [3.63, 3.8) is 0 Å². The third-order valence-corrected chi connectivity index (χ3v) is 5.63. The highest BCUT2D eigenvalue weighted by Gasteiger charge is 2.26. The first-order chi connectivity index (χ1) is 7.52. The quantitative estimate of drug-likeness (QED) is 0.627. The first-order valence-electron chi connectivity index (χ1n) is 4.64. The molecule has 0 aliphatic carbocycles. The van der Waals surface area contributed by atoms with Gasteiger partial charge < -0.3 is 4.55 Å². The van der Waals surface area contributed by atoms with E-state index in [1.54, 1.807) is 0 Å². The van der Waals surface area contributed by atoms with Gasteiger partial charge in [-0.25, -0.2) is 0 Å². The highest BCUT2D eigenvalue weighted by Crippen LogP contribution is 2.36. The minimum atomic E-state index is -1.24. The molecule has 3 nitrogen and oxygen atoms in total. The maximum absolute atomic E-state index is 11.8. The zero-order valence-electron chi connectivity index (χ0n) is 8.87. The minimum absolute atomic E-state index is 0.138. The lowest BCUT2D eigenvalue weighted by molar-refractivity contribution is 0.102. The second-order valence-electron chi connectivity index (χ2n) is 3.13. The number of halogens is 1. The molecule has 0 radical (unpaired) electrons. The van der Waals surface area contributed by atoms with E-state index in [2.05, 4.69) is 0 Å². The van der Waals surface area contributed by atoms with Gasteiger partial charge in [0.25, 0.3) is 0 Å². The lowest BCUT2D eigenvalue weighted by Gasteiger charge is -2.06. The number of thiophene rings is 1. The van der Waals surface area contributed by atoms with Crippen molar-refractivity contribution in [2.24, 2.45) is 0 Å². The molecule has 0 N–H and O–H groups in total. The van der Waals surface area contributed by atoms with Gasteiger partial charge in [0.15, 0.2) is 5.78 Å². The summed E-state index contributed by atoms with van der Waals surface area (Å²) in [6.07, 6.45) is 0.752. The van der Waals surface area contributed by atoms with Crippen LogP contribution in [0.5, 0.6) is 0 Å². The van der Waals surface area contributed by atoms with Crippen LogP contribution < -0.4 is 0 Å². The van der Waals surface area contributed by atoms with E-state index in [0.29, 0.717) is 14.8 Å². The van der Waals surface area contributed by atoms with Gasteiger partial charge in [0.1, 0.15) is 17.4 Å². The average molecular weight is 276 g/mol. The van der Waals surface area contributed by atoms with Crippen LogP contribution in [0, 0.1) is 11.3 Å². The number of hydrogen-bond acceptors (Lipinski definition) is 4. The number of carbonyl (C=O) groups is 1. The average Bonchev–Trinajstić information content (AvgIpc) is 2.55. The maximum Gasteiger partial charge on any atom is 0.226 e. The van der Waals surface area contributed by atoms with E-state index >= 15 is 0 Å². The normalized spacial score (nSPS) is 12.2. The summed E-state index contributed by atoms with van der Waals surface area (Å²) in [6, 6.07) is 1.91. The van der Waals surface area contributed by atoms with Crippen LogP contribution in [0.3, 0.4) is 0 Å². The van der Waals surface area contributed by atoms with Crippen molar-refractivity contribution in [2.75, 3.05) is 5.75 Å². The Kier molecular flexibility index (Phi) is 4.81. The van der Waals surface area contributed by atoms with Crippen LogP contribution in [0.1, 0.15) is 35.5 Å². The molecule has 1 heterocycles. The Labute approximate surface area is 106 Å². The Balaban J connectivity index is 3.25. The fraction of sp³-hybridized carbons (Fsp3) is 0.400. The second kappa shape index (κ2) is 5.69. The Morgan fingerprint density at radius 2 is 2.31 bits per heavy atom. The molecule has 0 saturated heterocycles. The van der Waals surface area contributed by atoms with Gasteiger partial charge in [-0.1, -0.05) is 29.9 Å². The molecule has 1 aromatic rings. The first-order valence-corrected chi connectivity index (χ1v) is 7.15. The molecule has 16 heavy (non-hydrogen) atoms. The highest BCUT2D eigenvalue weighted by molar-refractivity contribution is 7.93. The molecular weight excluding hydrogens is 266 g/mol. The molecule has 6 heteroatoms. The number of Topliss-reactive ketones (excluding diaryl/α,β-unsaturated/α-hetero) is 1. The number of nitriles is 1. The van der Waals surface area contributed by atoms with Crippen molar-refractivity contribution in [1.29, 1.82) is 5.26 Å². The molecule has 0 spiro atoms. The van der Waals surface area contributed by atoms with E-state index < -0.39 is 11.2 Å². The van der Waals surface area contributed by atoms with Gasteiger partial charge in [-0.05, 0) is 17.6 Å². The smallest absolute Gasteiger partial charge is 0.226 e. The van der Waals surface area contributed by atoms with Crippen LogP contribution in [0.25, 0.3) is 0 Å². The van der Waals surface area contributed by atoms with Crippen LogP contribution in [0.15, 0.2) is 4.21 Å². The summed E-state index contributed by atoms with van der Waals surface area (Å²) in [6.45, 7) is 3.29. The predicted molar refractivity (Wildman–Crippen MR) is 65.6 cm³/mol. The summed E-state index contributed by atoms with van der Waals surface area (Å²) in [5.74, 6) is 0.273. The molecule has 0 fully saturated rings. The summed E-state index contributed by atoms with van der Waals surface area (Å²) in [5, 5.41) is 9.08.